The number of anilines is 1. The average molecular weight is 382 g/mol. The van der Waals surface area contributed by atoms with Crippen LogP contribution in [-0.2, 0) is 4.79 Å². The quantitative estimate of drug-likeness (QED) is 0.623. The maximum Gasteiger partial charge on any atom is 0.237 e. The van der Waals surface area contributed by atoms with E-state index < -0.39 is 0 Å². The third-order valence-electron chi connectivity index (χ3n) is 3.89. The van der Waals surface area contributed by atoms with Crippen LogP contribution in [-0.4, -0.2) is 32.5 Å². The summed E-state index contributed by atoms with van der Waals surface area (Å²) in [6, 6.07) is 17.2. The summed E-state index contributed by atoms with van der Waals surface area (Å²) in [6.07, 6.45) is 0. The van der Waals surface area contributed by atoms with Crippen molar-refractivity contribution in [3.63, 3.8) is 0 Å². The van der Waals surface area contributed by atoms with Crippen molar-refractivity contribution in [3.8, 4) is 11.4 Å². The van der Waals surface area contributed by atoms with Crippen molar-refractivity contribution in [2.75, 3.05) is 11.9 Å². The van der Waals surface area contributed by atoms with Gasteiger partial charge in [0, 0.05) is 11.4 Å². The van der Waals surface area contributed by atoms with E-state index in [1.165, 1.54) is 11.8 Å². The van der Waals surface area contributed by atoms with Crippen molar-refractivity contribution >= 4 is 23.4 Å². The molecule has 6 nitrogen and oxygen atoms in total. The largest absolute Gasteiger partial charge is 0.494 e. The number of carbonyl (C=O) groups excluding carboxylic acids is 1. The van der Waals surface area contributed by atoms with Gasteiger partial charge >= 0.3 is 0 Å². The molecule has 0 aliphatic carbocycles. The lowest BCUT2D eigenvalue weighted by atomic mass is 10.3. The minimum Gasteiger partial charge on any atom is -0.494 e. The van der Waals surface area contributed by atoms with E-state index in [-0.39, 0.29) is 11.2 Å². The summed E-state index contributed by atoms with van der Waals surface area (Å²) in [7, 11) is 0. The van der Waals surface area contributed by atoms with E-state index in [1.807, 2.05) is 79.9 Å². The smallest absolute Gasteiger partial charge is 0.237 e. The fourth-order valence-electron chi connectivity index (χ4n) is 2.55. The fraction of sp³-hybridized carbons (Fsp3) is 0.250. The summed E-state index contributed by atoms with van der Waals surface area (Å²) in [5.41, 5.74) is 1.71. The molecule has 1 atom stereocenters. The highest BCUT2D eigenvalue weighted by atomic mass is 32.2. The van der Waals surface area contributed by atoms with Gasteiger partial charge in [0.15, 0.2) is 5.16 Å². The Morgan fingerprint density at radius 1 is 1.15 bits per heavy atom. The number of aryl methyl sites for hydroxylation is 1. The summed E-state index contributed by atoms with van der Waals surface area (Å²) in [4.78, 5) is 12.6. The molecular weight excluding hydrogens is 360 g/mol. The fourth-order valence-corrected chi connectivity index (χ4v) is 3.46. The molecule has 1 N–H and O–H groups in total. The molecule has 0 spiro atoms. The van der Waals surface area contributed by atoms with Crippen LogP contribution in [0.15, 0.2) is 59.8 Å². The molecule has 0 bridgehead atoms. The van der Waals surface area contributed by atoms with Crippen LogP contribution in [0.4, 0.5) is 5.69 Å². The van der Waals surface area contributed by atoms with E-state index in [1.54, 1.807) is 0 Å². The van der Waals surface area contributed by atoms with Crippen molar-refractivity contribution < 1.29 is 9.53 Å². The number of hydrogen-bond acceptors (Lipinski definition) is 5. The number of ether oxygens (including phenoxy) is 1. The summed E-state index contributed by atoms with van der Waals surface area (Å²) in [6.45, 7) is 6.30. The Bertz CT molecular complexity index is 894. The lowest BCUT2D eigenvalue weighted by molar-refractivity contribution is -0.115. The first-order chi connectivity index (χ1) is 13.1. The molecule has 3 rings (SSSR count). The lowest BCUT2D eigenvalue weighted by Gasteiger charge is -2.13. The second-order valence-electron chi connectivity index (χ2n) is 5.91. The molecule has 3 aromatic rings. The minimum absolute atomic E-state index is 0.0931. The Kier molecular flexibility index (Phi) is 6.13. The first-order valence-corrected chi connectivity index (χ1v) is 9.64. The molecule has 2 aromatic carbocycles. The van der Waals surface area contributed by atoms with Crippen LogP contribution in [0.5, 0.6) is 5.75 Å². The zero-order valence-corrected chi connectivity index (χ0v) is 16.4. The van der Waals surface area contributed by atoms with Gasteiger partial charge in [-0.1, -0.05) is 30.0 Å². The van der Waals surface area contributed by atoms with Gasteiger partial charge < -0.3 is 10.1 Å². The third kappa shape index (κ3) is 4.68. The Labute approximate surface area is 163 Å². The van der Waals surface area contributed by atoms with Crippen LogP contribution in [0.25, 0.3) is 5.69 Å². The third-order valence-corrected chi connectivity index (χ3v) is 4.94. The van der Waals surface area contributed by atoms with E-state index in [9.17, 15) is 4.79 Å². The van der Waals surface area contributed by atoms with Gasteiger partial charge in [-0.25, -0.2) is 0 Å². The lowest BCUT2D eigenvalue weighted by Crippen LogP contribution is -2.22. The van der Waals surface area contributed by atoms with E-state index in [4.69, 9.17) is 4.74 Å². The number of nitrogens with one attached hydrogen (secondary N) is 1. The number of nitrogens with zero attached hydrogens (tertiary/aromatic N) is 3. The van der Waals surface area contributed by atoms with Crippen molar-refractivity contribution in [1.82, 2.24) is 14.8 Å². The number of aromatic nitrogens is 3. The topological polar surface area (TPSA) is 69.0 Å². The van der Waals surface area contributed by atoms with Crippen LogP contribution in [0, 0.1) is 6.92 Å². The van der Waals surface area contributed by atoms with Crippen LogP contribution in [0.2, 0.25) is 0 Å². The molecule has 1 aromatic heterocycles. The zero-order valence-electron chi connectivity index (χ0n) is 15.5. The van der Waals surface area contributed by atoms with E-state index in [0.29, 0.717) is 11.8 Å². The Morgan fingerprint density at radius 2 is 1.85 bits per heavy atom. The number of thioether (sulfide) groups is 1. The molecule has 0 saturated carbocycles. The molecule has 0 radical (unpaired) electrons. The van der Waals surface area contributed by atoms with Gasteiger partial charge in [-0.3, -0.25) is 9.36 Å². The second kappa shape index (κ2) is 8.73. The Balaban J connectivity index is 1.68. The maximum absolute atomic E-state index is 12.6. The Morgan fingerprint density at radius 3 is 2.52 bits per heavy atom. The molecule has 27 heavy (non-hydrogen) atoms. The molecule has 1 heterocycles. The van der Waals surface area contributed by atoms with Crippen LogP contribution < -0.4 is 10.1 Å². The van der Waals surface area contributed by atoms with Crippen LogP contribution >= 0.6 is 11.8 Å². The minimum atomic E-state index is -0.331. The van der Waals surface area contributed by atoms with Crippen molar-refractivity contribution in [2.24, 2.45) is 0 Å². The predicted molar refractivity (Wildman–Crippen MR) is 108 cm³/mol. The van der Waals surface area contributed by atoms with Gasteiger partial charge in [0.05, 0.1) is 11.9 Å². The van der Waals surface area contributed by atoms with Gasteiger partial charge in [-0.05, 0) is 57.2 Å². The van der Waals surface area contributed by atoms with Gasteiger partial charge in [-0.15, -0.1) is 10.2 Å². The first-order valence-electron chi connectivity index (χ1n) is 8.76. The number of hydrogen-bond donors (Lipinski definition) is 1. The van der Waals surface area contributed by atoms with Gasteiger partial charge in [0.2, 0.25) is 5.91 Å². The first kappa shape index (κ1) is 19.0. The summed E-state index contributed by atoms with van der Waals surface area (Å²) < 4.78 is 7.36. The summed E-state index contributed by atoms with van der Waals surface area (Å²) >= 11 is 1.38. The average Bonchev–Trinajstić information content (AvgIpc) is 3.04. The Hall–Kier alpha value is -2.80. The van der Waals surface area contributed by atoms with Crippen LogP contribution in [0.1, 0.15) is 19.7 Å². The second-order valence-corrected chi connectivity index (χ2v) is 7.22. The normalized spacial score (nSPS) is 11.8. The van der Waals surface area contributed by atoms with Gasteiger partial charge in [-0.2, -0.15) is 0 Å². The van der Waals surface area contributed by atoms with Crippen molar-refractivity contribution in [1.29, 1.82) is 0 Å². The SMILES string of the molecule is CCOc1ccc(NC(=O)[C@H](C)Sc2nnc(C)n2-c2ccccc2)cc1. The maximum atomic E-state index is 12.6. The number of rotatable bonds is 7. The highest BCUT2D eigenvalue weighted by Crippen LogP contribution is 2.26. The molecule has 0 unspecified atom stereocenters. The number of benzene rings is 2. The number of carbonyl (C=O) groups is 1. The molecular formula is C20H22N4O2S. The van der Waals surface area contributed by atoms with Crippen molar-refractivity contribution in [2.45, 2.75) is 31.2 Å². The highest BCUT2D eigenvalue weighted by Gasteiger charge is 2.20. The molecule has 7 heteroatoms. The molecule has 0 fully saturated rings. The van der Waals surface area contributed by atoms with Crippen molar-refractivity contribution in [3.05, 3.63) is 60.4 Å². The standard InChI is InChI=1S/C20H22N4O2S/c1-4-26-18-12-10-16(11-13-18)21-19(25)14(2)27-20-23-22-15(3)24(20)17-8-6-5-7-9-17/h5-14H,4H2,1-3H3,(H,21,25)/t14-/m0/s1. The zero-order chi connectivity index (χ0) is 19.2. The van der Waals surface area contributed by atoms with E-state index in [2.05, 4.69) is 15.5 Å². The molecule has 0 aliphatic heterocycles. The monoisotopic (exact) mass is 382 g/mol. The summed E-state index contributed by atoms with van der Waals surface area (Å²) in [5.74, 6) is 1.47. The molecule has 0 aliphatic rings. The molecule has 1 amide bonds. The highest BCUT2D eigenvalue weighted by molar-refractivity contribution is 8.00. The van der Waals surface area contributed by atoms with Gasteiger partial charge in [0.25, 0.3) is 0 Å². The van der Waals surface area contributed by atoms with E-state index >= 15 is 0 Å². The molecule has 0 saturated heterocycles. The van der Waals surface area contributed by atoms with E-state index in [0.717, 1.165) is 22.9 Å². The van der Waals surface area contributed by atoms with Crippen LogP contribution in [0.3, 0.4) is 0 Å². The number of para-hydroxylation sites is 1. The van der Waals surface area contributed by atoms with Gasteiger partial charge in [0.1, 0.15) is 11.6 Å². The number of amides is 1. The summed E-state index contributed by atoms with van der Waals surface area (Å²) in [5, 5.41) is 11.7. The predicted octanol–water partition coefficient (Wildman–Crippen LogP) is 4.09. The molecule has 140 valence electrons.